The Hall–Kier alpha value is -0.561. The second-order valence-electron chi connectivity index (χ2n) is 4.13. The van der Waals surface area contributed by atoms with Crippen LogP contribution in [-0.2, 0) is 4.74 Å². The van der Waals surface area contributed by atoms with E-state index in [-0.39, 0.29) is 0 Å². The van der Waals surface area contributed by atoms with Crippen LogP contribution in [0.25, 0.3) is 6.08 Å². The van der Waals surface area contributed by atoms with Crippen molar-refractivity contribution in [1.29, 1.82) is 0 Å². The molecule has 1 unspecified atom stereocenters. The number of ether oxygens (including phenoxy) is 1. The molecule has 1 aliphatic rings. The first-order valence-corrected chi connectivity index (χ1v) is 7.27. The summed E-state index contributed by atoms with van der Waals surface area (Å²) in [4.78, 5) is 2.26. The van der Waals surface area contributed by atoms with Gasteiger partial charge in [-0.2, -0.15) is 0 Å². The topological polar surface area (TPSA) is 9.23 Å². The Bertz CT molecular complexity index is 357. The summed E-state index contributed by atoms with van der Waals surface area (Å²) in [6.07, 6.45) is 2.21. The fourth-order valence-electron chi connectivity index (χ4n) is 1.54. The van der Waals surface area contributed by atoms with Gasteiger partial charge >= 0.3 is 97.5 Å². The molecule has 0 saturated carbocycles. The number of benzene rings is 1. The van der Waals surface area contributed by atoms with Gasteiger partial charge < -0.3 is 0 Å². The van der Waals surface area contributed by atoms with Crippen molar-refractivity contribution in [3.63, 3.8) is 0 Å². The monoisotopic (exact) mass is 268 g/mol. The van der Waals surface area contributed by atoms with Crippen molar-refractivity contribution < 1.29 is 4.74 Å². The second kappa shape index (κ2) is 4.98. The molecule has 1 aromatic carbocycles. The summed E-state index contributed by atoms with van der Waals surface area (Å²) < 4.78 is 5.95. The minimum atomic E-state index is 0.320. The van der Waals surface area contributed by atoms with Gasteiger partial charge in [0.05, 0.1) is 0 Å². The molecule has 1 aliphatic heterocycles. The molecule has 0 N–H and O–H groups in total. The molecule has 15 heavy (non-hydrogen) atoms. The van der Waals surface area contributed by atoms with Crippen molar-refractivity contribution in [2.75, 3.05) is 6.61 Å². The van der Waals surface area contributed by atoms with Gasteiger partial charge in [-0.25, -0.2) is 0 Å². The maximum atomic E-state index is 5.95. The van der Waals surface area contributed by atoms with Crippen LogP contribution < -0.4 is 0 Å². The first-order chi connectivity index (χ1) is 7.27. The summed E-state index contributed by atoms with van der Waals surface area (Å²) in [7, 11) is 0. The van der Waals surface area contributed by atoms with Crippen LogP contribution in [0.1, 0.15) is 30.0 Å². The van der Waals surface area contributed by atoms with Gasteiger partial charge in [0.1, 0.15) is 0 Å². The zero-order valence-corrected chi connectivity index (χ0v) is 10.9. The van der Waals surface area contributed by atoms with Crippen LogP contribution in [0.5, 0.6) is 0 Å². The molecule has 1 atom stereocenters. The van der Waals surface area contributed by atoms with Crippen LogP contribution in [0.3, 0.4) is 0 Å². The van der Waals surface area contributed by atoms with Gasteiger partial charge in [0.2, 0.25) is 0 Å². The van der Waals surface area contributed by atoms with Gasteiger partial charge in [0, 0.05) is 0 Å². The summed E-state index contributed by atoms with van der Waals surface area (Å²) in [5.41, 5.74) is 2.68. The predicted molar refractivity (Wildman–Crippen MR) is 64.8 cm³/mol. The molecule has 1 heterocycles. The first-order valence-electron chi connectivity index (χ1n) is 5.30. The summed E-state index contributed by atoms with van der Waals surface area (Å²) >= 11 is 0.448. The molecule has 0 aromatic heterocycles. The molecule has 0 radical (unpaired) electrons. The summed E-state index contributed by atoms with van der Waals surface area (Å²) in [5, 5.41) is 0.320. The molecule has 0 saturated heterocycles. The molecule has 0 spiro atoms. The van der Waals surface area contributed by atoms with E-state index in [1.54, 1.807) is 0 Å². The number of hydrogen-bond acceptors (Lipinski definition) is 1. The summed E-state index contributed by atoms with van der Waals surface area (Å²) in [5.74, 6) is 0.610. The Balaban J connectivity index is 2.12. The van der Waals surface area contributed by atoms with E-state index >= 15 is 0 Å². The van der Waals surface area contributed by atoms with E-state index in [0.29, 0.717) is 25.9 Å². The molecule has 0 aliphatic carbocycles. The van der Waals surface area contributed by atoms with Crippen LogP contribution in [0.4, 0.5) is 0 Å². The molecular weight excluding hydrogens is 251 g/mol. The Morgan fingerprint density at radius 1 is 1.33 bits per heavy atom. The molecule has 0 amide bonds. The molecule has 1 aromatic rings. The number of hydrogen-bond donors (Lipinski definition) is 0. The van der Waals surface area contributed by atoms with E-state index in [0.717, 1.165) is 6.61 Å². The second-order valence-corrected chi connectivity index (χ2v) is 6.17. The average molecular weight is 267 g/mol. The van der Waals surface area contributed by atoms with Gasteiger partial charge in [-0.05, 0) is 0 Å². The Kier molecular flexibility index (Phi) is 3.63. The zero-order chi connectivity index (χ0) is 10.7. The molecule has 1 nitrogen and oxygen atoms in total. The van der Waals surface area contributed by atoms with Gasteiger partial charge in [0.15, 0.2) is 0 Å². The van der Waals surface area contributed by atoms with Crippen molar-refractivity contribution in [2.24, 2.45) is 5.92 Å². The predicted octanol–water partition coefficient (Wildman–Crippen LogP) is 3.05. The Morgan fingerprint density at radius 2 is 2.13 bits per heavy atom. The van der Waals surface area contributed by atoms with Crippen LogP contribution in [0.2, 0.25) is 0 Å². The van der Waals surface area contributed by atoms with Crippen molar-refractivity contribution in [3.05, 3.63) is 40.4 Å². The maximum absolute atomic E-state index is 5.95. The normalized spacial score (nSPS) is 19.3. The van der Waals surface area contributed by atoms with E-state index in [1.165, 1.54) is 11.1 Å². The van der Waals surface area contributed by atoms with Gasteiger partial charge in [0.25, 0.3) is 0 Å². The van der Waals surface area contributed by atoms with Crippen molar-refractivity contribution >= 4 is 21.0 Å². The third-order valence-electron chi connectivity index (χ3n) is 2.28. The average Bonchev–Trinajstić information content (AvgIpc) is 2.26. The number of rotatable bonds is 3. The van der Waals surface area contributed by atoms with Gasteiger partial charge in [-0.15, -0.1) is 0 Å². The fraction of sp³-hybridized carbons (Fsp3) is 0.385. The molecular formula is C13H16OSe. The van der Waals surface area contributed by atoms with Crippen LogP contribution in [0.15, 0.2) is 29.2 Å². The van der Waals surface area contributed by atoms with E-state index in [4.69, 9.17) is 4.74 Å². The van der Waals surface area contributed by atoms with Crippen molar-refractivity contribution in [2.45, 2.75) is 18.8 Å². The SMILES string of the molecule is CC(C)COC1[Se]C=Cc2ccccc21. The number of fused-ring (bicyclic) bond motifs is 1. The Morgan fingerprint density at radius 3 is 2.93 bits per heavy atom. The van der Waals surface area contributed by atoms with Gasteiger partial charge in [-0.1, -0.05) is 0 Å². The molecule has 2 heteroatoms. The minimum absolute atomic E-state index is 0.320. The molecule has 2 rings (SSSR count). The van der Waals surface area contributed by atoms with E-state index < -0.39 is 0 Å². The molecule has 0 fully saturated rings. The third-order valence-corrected chi connectivity index (χ3v) is 4.23. The van der Waals surface area contributed by atoms with E-state index in [9.17, 15) is 0 Å². The zero-order valence-electron chi connectivity index (χ0n) is 9.14. The van der Waals surface area contributed by atoms with Crippen molar-refractivity contribution in [1.82, 2.24) is 0 Å². The van der Waals surface area contributed by atoms with E-state index in [1.807, 2.05) is 0 Å². The van der Waals surface area contributed by atoms with Crippen LogP contribution in [-0.4, -0.2) is 21.6 Å². The summed E-state index contributed by atoms with van der Waals surface area (Å²) in [6, 6.07) is 8.53. The molecule has 0 bridgehead atoms. The summed E-state index contributed by atoms with van der Waals surface area (Å²) in [6.45, 7) is 5.24. The standard InChI is InChI=1S/C13H16OSe/c1-10(2)9-14-13-12-6-4-3-5-11(12)7-8-15-13/h3-8,10,13H,9H2,1-2H3. The van der Waals surface area contributed by atoms with Crippen LogP contribution >= 0.6 is 0 Å². The third kappa shape index (κ3) is 2.72. The Labute approximate surface area is 97.7 Å². The van der Waals surface area contributed by atoms with Gasteiger partial charge in [-0.3, -0.25) is 0 Å². The quantitative estimate of drug-likeness (QED) is 0.765. The first kappa shape index (κ1) is 10.9. The molecule has 80 valence electrons. The van der Waals surface area contributed by atoms with Crippen LogP contribution in [0, 0.1) is 5.92 Å². The van der Waals surface area contributed by atoms with Crippen molar-refractivity contribution in [3.8, 4) is 0 Å². The van der Waals surface area contributed by atoms with E-state index in [2.05, 4.69) is 49.2 Å². The fourth-order valence-corrected chi connectivity index (χ4v) is 3.40.